The van der Waals surface area contributed by atoms with Crippen LogP contribution in [0.3, 0.4) is 0 Å². The Hall–Kier alpha value is -1.27. The lowest BCUT2D eigenvalue weighted by Crippen LogP contribution is -2.26. The summed E-state index contributed by atoms with van der Waals surface area (Å²) in [5.74, 6) is 0.667. The average molecular weight is 288 g/mol. The average Bonchev–Trinajstić information content (AvgIpc) is 2.35. The Kier molecular flexibility index (Phi) is 4.47. The molecule has 19 heavy (non-hydrogen) atoms. The third-order valence-electron chi connectivity index (χ3n) is 2.97. The molecular weight excluding hydrogens is 268 g/mol. The van der Waals surface area contributed by atoms with Crippen molar-refractivity contribution in [1.82, 2.24) is 0 Å². The summed E-state index contributed by atoms with van der Waals surface area (Å²) in [7, 11) is -0.646. The zero-order valence-electron chi connectivity index (χ0n) is 11.9. The standard InChI is InChI=1S/C13H20O5S/c1-13(2,8-14)11-9(17-3)6-7-10(18-4)12(11)19(5,15)16/h6-7,14H,8H2,1-5H3. The highest BCUT2D eigenvalue weighted by Crippen LogP contribution is 2.41. The molecule has 1 aromatic rings. The Labute approximate surface area is 114 Å². The SMILES string of the molecule is COc1ccc(OC)c(S(C)(=O)=O)c1C(C)(C)CO. The molecule has 0 fully saturated rings. The molecule has 0 aliphatic carbocycles. The number of hydrogen-bond donors (Lipinski definition) is 1. The van der Waals surface area contributed by atoms with Gasteiger partial charge in [-0.2, -0.15) is 0 Å². The summed E-state index contributed by atoms with van der Waals surface area (Å²) >= 11 is 0. The molecule has 0 bridgehead atoms. The van der Waals surface area contributed by atoms with Crippen LogP contribution in [0.1, 0.15) is 19.4 Å². The van der Waals surface area contributed by atoms with Gasteiger partial charge < -0.3 is 14.6 Å². The van der Waals surface area contributed by atoms with Crippen LogP contribution >= 0.6 is 0 Å². The molecule has 0 spiro atoms. The topological polar surface area (TPSA) is 72.8 Å². The number of ether oxygens (including phenoxy) is 2. The van der Waals surface area contributed by atoms with E-state index < -0.39 is 15.3 Å². The molecule has 0 radical (unpaired) electrons. The van der Waals surface area contributed by atoms with Gasteiger partial charge in [0.05, 0.1) is 20.8 Å². The van der Waals surface area contributed by atoms with Gasteiger partial charge in [0.2, 0.25) is 0 Å². The minimum atomic E-state index is -3.52. The van der Waals surface area contributed by atoms with Crippen molar-refractivity contribution in [2.24, 2.45) is 0 Å². The molecular formula is C13H20O5S. The van der Waals surface area contributed by atoms with Crippen molar-refractivity contribution >= 4 is 9.84 Å². The van der Waals surface area contributed by atoms with Crippen molar-refractivity contribution in [3.63, 3.8) is 0 Å². The third kappa shape index (κ3) is 3.01. The number of hydrogen-bond acceptors (Lipinski definition) is 5. The van der Waals surface area contributed by atoms with Gasteiger partial charge in [-0.1, -0.05) is 13.8 Å². The molecule has 0 amide bonds. The first-order valence-electron chi connectivity index (χ1n) is 5.75. The second-order valence-corrected chi connectivity index (χ2v) is 6.94. The number of methoxy groups -OCH3 is 2. The predicted octanol–water partition coefficient (Wildman–Crippen LogP) is 1.38. The van der Waals surface area contributed by atoms with Crippen LogP contribution in [0.15, 0.2) is 17.0 Å². The Balaban J connectivity index is 3.83. The first kappa shape index (κ1) is 15.8. The van der Waals surface area contributed by atoms with Gasteiger partial charge in [-0.15, -0.1) is 0 Å². The van der Waals surface area contributed by atoms with Gasteiger partial charge in [0.25, 0.3) is 0 Å². The fourth-order valence-electron chi connectivity index (χ4n) is 1.96. The molecule has 0 heterocycles. The predicted molar refractivity (Wildman–Crippen MR) is 72.8 cm³/mol. The number of rotatable bonds is 5. The van der Waals surface area contributed by atoms with E-state index in [9.17, 15) is 13.5 Å². The third-order valence-corrected chi connectivity index (χ3v) is 4.11. The maximum absolute atomic E-state index is 12.0. The Bertz CT molecular complexity index is 561. The summed E-state index contributed by atoms with van der Waals surface area (Å²) in [6.45, 7) is 3.29. The first-order valence-corrected chi connectivity index (χ1v) is 7.64. The van der Waals surface area contributed by atoms with E-state index in [0.29, 0.717) is 11.3 Å². The summed E-state index contributed by atoms with van der Waals surface area (Å²) in [4.78, 5) is 0.0633. The van der Waals surface area contributed by atoms with Crippen molar-refractivity contribution in [2.75, 3.05) is 27.1 Å². The van der Waals surface area contributed by atoms with E-state index >= 15 is 0 Å². The van der Waals surface area contributed by atoms with E-state index in [1.807, 2.05) is 0 Å². The summed E-state index contributed by atoms with van der Waals surface area (Å²) in [6, 6.07) is 3.19. The van der Waals surface area contributed by atoms with Crippen molar-refractivity contribution in [3.05, 3.63) is 17.7 Å². The zero-order valence-corrected chi connectivity index (χ0v) is 12.7. The van der Waals surface area contributed by atoms with Gasteiger partial charge in [-0.25, -0.2) is 8.42 Å². The molecule has 5 nitrogen and oxygen atoms in total. The summed E-state index contributed by atoms with van der Waals surface area (Å²) in [5, 5.41) is 9.53. The van der Waals surface area contributed by atoms with Crippen molar-refractivity contribution in [2.45, 2.75) is 24.2 Å². The molecule has 1 aromatic carbocycles. The van der Waals surface area contributed by atoms with E-state index in [-0.39, 0.29) is 17.3 Å². The molecule has 1 N–H and O–H groups in total. The van der Waals surface area contributed by atoms with Crippen LogP contribution < -0.4 is 9.47 Å². The molecule has 0 unspecified atom stereocenters. The Morgan fingerprint density at radius 2 is 1.63 bits per heavy atom. The number of aliphatic hydroxyl groups is 1. The Morgan fingerprint density at radius 3 is 2.00 bits per heavy atom. The van der Waals surface area contributed by atoms with Crippen molar-refractivity contribution in [1.29, 1.82) is 0 Å². The van der Waals surface area contributed by atoms with Gasteiger partial charge in [0, 0.05) is 17.2 Å². The van der Waals surface area contributed by atoms with E-state index in [2.05, 4.69) is 0 Å². The molecule has 6 heteroatoms. The van der Waals surface area contributed by atoms with Crippen LogP contribution in [-0.4, -0.2) is 40.6 Å². The lowest BCUT2D eigenvalue weighted by molar-refractivity contribution is 0.211. The summed E-state index contributed by atoms with van der Waals surface area (Å²) < 4.78 is 34.5. The van der Waals surface area contributed by atoms with Crippen LogP contribution in [-0.2, 0) is 15.3 Å². The molecule has 1 rings (SSSR count). The maximum atomic E-state index is 12.0. The molecule has 0 aliphatic rings. The lowest BCUT2D eigenvalue weighted by atomic mass is 9.84. The summed E-state index contributed by atoms with van der Waals surface area (Å²) in [5.41, 5.74) is -0.336. The highest BCUT2D eigenvalue weighted by atomic mass is 32.2. The van der Waals surface area contributed by atoms with Crippen LogP contribution in [0, 0.1) is 0 Å². The fraction of sp³-hybridized carbons (Fsp3) is 0.538. The number of benzene rings is 1. The molecule has 0 saturated carbocycles. The second-order valence-electron chi connectivity index (χ2n) is 4.99. The minimum absolute atomic E-state index is 0.0633. The minimum Gasteiger partial charge on any atom is -0.496 e. The Morgan fingerprint density at radius 1 is 1.16 bits per heavy atom. The molecule has 108 valence electrons. The van der Waals surface area contributed by atoms with Crippen LogP contribution in [0.4, 0.5) is 0 Å². The maximum Gasteiger partial charge on any atom is 0.179 e. The van der Waals surface area contributed by atoms with E-state index in [1.54, 1.807) is 26.0 Å². The molecule has 0 aromatic heterocycles. The zero-order chi connectivity index (χ0) is 14.8. The normalized spacial score (nSPS) is 12.3. The second kappa shape index (κ2) is 5.38. The smallest absolute Gasteiger partial charge is 0.179 e. The first-order chi connectivity index (χ1) is 8.69. The highest BCUT2D eigenvalue weighted by molar-refractivity contribution is 7.90. The van der Waals surface area contributed by atoms with Gasteiger partial charge >= 0.3 is 0 Å². The van der Waals surface area contributed by atoms with Gasteiger partial charge in [0.1, 0.15) is 16.4 Å². The number of sulfone groups is 1. The van der Waals surface area contributed by atoms with Gasteiger partial charge in [0.15, 0.2) is 9.84 Å². The lowest BCUT2D eigenvalue weighted by Gasteiger charge is -2.28. The highest BCUT2D eigenvalue weighted by Gasteiger charge is 2.33. The van der Waals surface area contributed by atoms with Crippen LogP contribution in [0.2, 0.25) is 0 Å². The van der Waals surface area contributed by atoms with Gasteiger partial charge in [-0.3, -0.25) is 0 Å². The van der Waals surface area contributed by atoms with Crippen LogP contribution in [0.25, 0.3) is 0 Å². The van der Waals surface area contributed by atoms with Crippen molar-refractivity contribution in [3.8, 4) is 11.5 Å². The van der Waals surface area contributed by atoms with E-state index in [0.717, 1.165) is 6.26 Å². The molecule has 0 atom stereocenters. The van der Waals surface area contributed by atoms with Crippen LogP contribution in [0.5, 0.6) is 11.5 Å². The number of aliphatic hydroxyl groups excluding tert-OH is 1. The quantitative estimate of drug-likeness (QED) is 0.886. The monoisotopic (exact) mass is 288 g/mol. The van der Waals surface area contributed by atoms with E-state index in [4.69, 9.17) is 9.47 Å². The molecule has 0 saturated heterocycles. The van der Waals surface area contributed by atoms with Crippen molar-refractivity contribution < 1.29 is 23.0 Å². The largest absolute Gasteiger partial charge is 0.496 e. The van der Waals surface area contributed by atoms with Gasteiger partial charge in [-0.05, 0) is 12.1 Å². The molecule has 0 aliphatic heterocycles. The fourth-order valence-corrected chi connectivity index (χ4v) is 3.23. The summed E-state index contributed by atoms with van der Waals surface area (Å²) in [6.07, 6.45) is 1.11. The van der Waals surface area contributed by atoms with E-state index in [1.165, 1.54) is 14.2 Å².